The molecule has 2 aromatic rings. The second-order valence-electron chi connectivity index (χ2n) is 6.59. The summed E-state index contributed by atoms with van der Waals surface area (Å²) in [6.45, 7) is 4.98. The smallest absolute Gasteiger partial charge is 0.356 e. The zero-order valence-electron chi connectivity index (χ0n) is 14.6. The van der Waals surface area contributed by atoms with E-state index in [4.69, 9.17) is 5.11 Å². The summed E-state index contributed by atoms with van der Waals surface area (Å²) in [6, 6.07) is 7.73. The van der Waals surface area contributed by atoms with E-state index in [1.54, 1.807) is 0 Å². The zero-order chi connectivity index (χ0) is 18.0. The number of aromatic nitrogens is 2. The molecule has 25 heavy (non-hydrogen) atoms. The van der Waals surface area contributed by atoms with Gasteiger partial charge in [0, 0.05) is 12.7 Å². The number of carbonyl (C=O) groups is 2. The number of carbonyl (C=O) groups excluding carboxylic acids is 1. The minimum absolute atomic E-state index is 0.0226. The lowest BCUT2D eigenvalue weighted by Crippen LogP contribution is -2.40. The van der Waals surface area contributed by atoms with E-state index >= 15 is 0 Å². The molecule has 0 bridgehead atoms. The third-order valence-corrected chi connectivity index (χ3v) is 4.99. The third-order valence-electron chi connectivity index (χ3n) is 4.99. The van der Waals surface area contributed by atoms with Crippen LogP contribution >= 0.6 is 0 Å². The molecule has 0 radical (unpaired) electrons. The van der Waals surface area contributed by atoms with Crippen LogP contribution in [0.4, 0.5) is 0 Å². The predicted molar refractivity (Wildman–Crippen MR) is 93.4 cm³/mol. The second kappa shape index (κ2) is 7.09. The van der Waals surface area contributed by atoms with Gasteiger partial charge in [0.15, 0.2) is 5.69 Å². The number of aryl methyl sites for hydroxylation is 1. The van der Waals surface area contributed by atoms with Gasteiger partial charge in [-0.05, 0) is 55.9 Å². The average molecular weight is 341 g/mol. The van der Waals surface area contributed by atoms with Gasteiger partial charge in [0.1, 0.15) is 6.54 Å². The normalized spacial score (nSPS) is 17.5. The van der Waals surface area contributed by atoms with Gasteiger partial charge in [0.2, 0.25) is 5.91 Å². The first kappa shape index (κ1) is 17.2. The van der Waals surface area contributed by atoms with E-state index in [-0.39, 0.29) is 24.2 Å². The molecule has 1 aliphatic heterocycles. The number of nitrogens with zero attached hydrogens (tertiary/aromatic N) is 3. The molecule has 1 atom stereocenters. The van der Waals surface area contributed by atoms with Gasteiger partial charge in [-0.2, -0.15) is 5.10 Å². The number of benzene rings is 1. The molecular formula is C19H23N3O3. The van der Waals surface area contributed by atoms with Gasteiger partial charge in [-0.25, -0.2) is 4.79 Å². The van der Waals surface area contributed by atoms with Crippen LogP contribution in [-0.4, -0.2) is 38.2 Å². The van der Waals surface area contributed by atoms with E-state index < -0.39 is 5.97 Å². The highest BCUT2D eigenvalue weighted by atomic mass is 16.4. The highest BCUT2D eigenvalue weighted by molar-refractivity contribution is 5.85. The lowest BCUT2D eigenvalue weighted by molar-refractivity contribution is -0.136. The van der Waals surface area contributed by atoms with Gasteiger partial charge in [0.05, 0.1) is 6.04 Å². The number of carboxylic acid groups (broad SMARTS) is 1. The second-order valence-corrected chi connectivity index (χ2v) is 6.59. The van der Waals surface area contributed by atoms with Crippen molar-refractivity contribution in [3.05, 3.63) is 52.8 Å². The summed E-state index contributed by atoms with van der Waals surface area (Å²) < 4.78 is 1.40. The van der Waals surface area contributed by atoms with Crippen LogP contribution in [0.15, 0.2) is 30.5 Å². The fraction of sp³-hybridized carbons (Fsp3) is 0.421. The van der Waals surface area contributed by atoms with Gasteiger partial charge in [-0.3, -0.25) is 9.48 Å². The molecule has 1 amide bonds. The minimum Gasteiger partial charge on any atom is -0.476 e. The van der Waals surface area contributed by atoms with Crippen molar-refractivity contribution in [1.29, 1.82) is 0 Å². The molecule has 1 fully saturated rings. The van der Waals surface area contributed by atoms with Crippen LogP contribution in [-0.2, 0) is 11.3 Å². The molecule has 6 nitrogen and oxygen atoms in total. The molecule has 0 spiro atoms. The van der Waals surface area contributed by atoms with Crippen molar-refractivity contribution in [2.24, 2.45) is 0 Å². The number of aromatic carboxylic acids is 1. The van der Waals surface area contributed by atoms with Crippen molar-refractivity contribution >= 4 is 11.9 Å². The van der Waals surface area contributed by atoms with Crippen molar-refractivity contribution in [3.8, 4) is 0 Å². The zero-order valence-corrected chi connectivity index (χ0v) is 14.6. The Bertz CT molecular complexity index is 797. The summed E-state index contributed by atoms with van der Waals surface area (Å²) >= 11 is 0. The van der Waals surface area contributed by atoms with Gasteiger partial charge in [-0.15, -0.1) is 0 Å². The van der Waals surface area contributed by atoms with E-state index in [0.29, 0.717) is 0 Å². The van der Waals surface area contributed by atoms with Gasteiger partial charge in [0.25, 0.3) is 0 Å². The molecule has 1 aromatic heterocycles. The number of carboxylic acids is 1. The van der Waals surface area contributed by atoms with Crippen molar-refractivity contribution in [3.63, 3.8) is 0 Å². The summed E-state index contributed by atoms with van der Waals surface area (Å²) in [5.74, 6) is -1.11. The monoisotopic (exact) mass is 341 g/mol. The Labute approximate surface area is 147 Å². The third kappa shape index (κ3) is 3.57. The fourth-order valence-corrected chi connectivity index (χ4v) is 3.48. The molecule has 1 aliphatic rings. The number of rotatable bonds is 4. The van der Waals surface area contributed by atoms with E-state index in [2.05, 4.69) is 31.1 Å². The predicted octanol–water partition coefficient (Wildman–Crippen LogP) is 2.95. The Morgan fingerprint density at radius 3 is 2.76 bits per heavy atom. The molecule has 0 saturated carbocycles. The fourth-order valence-electron chi connectivity index (χ4n) is 3.48. The van der Waals surface area contributed by atoms with Gasteiger partial charge < -0.3 is 10.0 Å². The molecule has 1 aromatic carbocycles. The van der Waals surface area contributed by atoms with E-state index in [9.17, 15) is 9.59 Å². The number of amides is 1. The van der Waals surface area contributed by atoms with Gasteiger partial charge >= 0.3 is 5.97 Å². The average Bonchev–Trinajstić information content (AvgIpc) is 3.06. The van der Waals surface area contributed by atoms with Crippen LogP contribution in [0.5, 0.6) is 0 Å². The Morgan fingerprint density at radius 2 is 2.04 bits per heavy atom. The first-order valence-corrected chi connectivity index (χ1v) is 8.59. The Balaban J connectivity index is 1.81. The van der Waals surface area contributed by atoms with E-state index in [1.165, 1.54) is 33.6 Å². The molecule has 1 saturated heterocycles. The molecule has 2 heterocycles. The molecule has 1 unspecified atom stereocenters. The maximum absolute atomic E-state index is 12.8. The summed E-state index contributed by atoms with van der Waals surface area (Å²) in [5, 5.41) is 12.9. The Morgan fingerprint density at radius 1 is 1.24 bits per heavy atom. The van der Waals surface area contributed by atoms with Crippen molar-refractivity contribution < 1.29 is 14.7 Å². The van der Waals surface area contributed by atoms with Crippen molar-refractivity contribution in [2.45, 2.75) is 45.7 Å². The standard InChI is InChI=1S/C19H23N3O3/c1-13-6-5-7-15(14(13)2)17-8-3-4-10-22(17)18(23)12-21-11-9-16(20-21)19(24)25/h5-7,9,11,17H,3-4,8,10,12H2,1-2H3,(H,24,25). The molecule has 132 valence electrons. The number of hydrogen-bond acceptors (Lipinski definition) is 3. The Kier molecular flexibility index (Phi) is 4.88. The van der Waals surface area contributed by atoms with Gasteiger partial charge in [-0.1, -0.05) is 18.2 Å². The Hall–Kier alpha value is -2.63. The summed E-state index contributed by atoms with van der Waals surface area (Å²) in [6.07, 6.45) is 4.59. The summed E-state index contributed by atoms with van der Waals surface area (Å²) in [7, 11) is 0. The number of likely N-dealkylation sites (tertiary alicyclic amines) is 1. The van der Waals surface area contributed by atoms with Crippen molar-refractivity contribution in [1.82, 2.24) is 14.7 Å². The van der Waals surface area contributed by atoms with Crippen LogP contribution in [0, 0.1) is 13.8 Å². The summed E-state index contributed by atoms with van der Waals surface area (Å²) in [5.41, 5.74) is 3.63. The van der Waals surface area contributed by atoms with Crippen LogP contribution < -0.4 is 0 Å². The first-order valence-electron chi connectivity index (χ1n) is 8.59. The number of hydrogen-bond donors (Lipinski definition) is 1. The quantitative estimate of drug-likeness (QED) is 0.928. The van der Waals surface area contributed by atoms with E-state index in [1.807, 2.05) is 11.0 Å². The van der Waals surface area contributed by atoms with Crippen LogP contribution in [0.25, 0.3) is 0 Å². The SMILES string of the molecule is Cc1cccc(C2CCCCN2C(=O)Cn2ccc(C(=O)O)n2)c1C. The topological polar surface area (TPSA) is 75.4 Å². The first-order chi connectivity index (χ1) is 12.0. The lowest BCUT2D eigenvalue weighted by Gasteiger charge is -2.37. The molecule has 3 rings (SSSR count). The largest absolute Gasteiger partial charge is 0.476 e. The van der Waals surface area contributed by atoms with Crippen LogP contribution in [0.1, 0.15) is 52.5 Å². The molecule has 0 aliphatic carbocycles. The highest BCUT2D eigenvalue weighted by Gasteiger charge is 2.29. The molecular weight excluding hydrogens is 318 g/mol. The number of piperidine rings is 1. The maximum Gasteiger partial charge on any atom is 0.356 e. The minimum atomic E-state index is -1.09. The molecule has 6 heteroatoms. The maximum atomic E-state index is 12.8. The van der Waals surface area contributed by atoms with E-state index in [0.717, 1.165) is 25.8 Å². The molecule has 1 N–H and O–H groups in total. The van der Waals surface area contributed by atoms with Crippen molar-refractivity contribution in [2.75, 3.05) is 6.54 Å². The van der Waals surface area contributed by atoms with Crippen LogP contribution in [0.2, 0.25) is 0 Å². The highest BCUT2D eigenvalue weighted by Crippen LogP contribution is 2.33. The van der Waals surface area contributed by atoms with Crippen LogP contribution in [0.3, 0.4) is 0 Å². The lowest BCUT2D eigenvalue weighted by atomic mass is 9.90. The summed E-state index contributed by atoms with van der Waals surface area (Å²) in [4.78, 5) is 25.7.